The molecule has 1 N–H and O–H groups in total. The van der Waals surface area contributed by atoms with E-state index in [0.717, 1.165) is 5.39 Å². The molecule has 0 unspecified atom stereocenters. The van der Waals surface area contributed by atoms with Gasteiger partial charge >= 0.3 is 5.97 Å². The Morgan fingerprint density at radius 3 is 2.84 bits per heavy atom. The molecular weight excluding hydrogens is 242 g/mol. The highest BCUT2D eigenvalue weighted by Gasteiger charge is 2.12. The van der Waals surface area contributed by atoms with Crippen molar-refractivity contribution < 1.29 is 9.90 Å². The van der Waals surface area contributed by atoms with E-state index in [1.54, 1.807) is 12.3 Å². The molecule has 3 rings (SSSR count). The number of aromatic nitrogens is 3. The topological polar surface area (TPSA) is 76.0 Å². The van der Waals surface area contributed by atoms with Crippen molar-refractivity contribution in [2.24, 2.45) is 0 Å². The van der Waals surface area contributed by atoms with Gasteiger partial charge in [0.05, 0.1) is 11.3 Å². The maximum Gasteiger partial charge on any atom is 0.336 e. The number of fused-ring (bicyclic) bond motifs is 1. The molecule has 3 aromatic rings. The highest BCUT2D eigenvalue weighted by atomic mass is 16.4. The number of hydrogen-bond donors (Lipinski definition) is 1. The Hall–Kier alpha value is -2.82. The summed E-state index contributed by atoms with van der Waals surface area (Å²) in [5, 5.41) is 10.1. The summed E-state index contributed by atoms with van der Waals surface area (Å²) in [6.45, 7) is 0. The lowest BCUT2D eigenvalue weighted by Gasteiger charge is -2.05. The van der Waals surface area contributed by atoms with Crippen LogP contribution in [0.3, 0.4) is 0 Å². The smallest absolute Gasteiger partial charge is 0.336 e. The van der Waals surface area contributed by atoms with Crippen LogP contribution in [0.2, 0.25) is 0 Å². The van der Waals surface area contributed by atoms with Gasteiger partial charge in [-0.3, -0.25) is 4.98 Å². The summed E-state index contributed by atoms with van der Waals surface area (Å²) >= 11 is 0. The average molecular weight is 251 g/mol. The van der Waals surface area contributed by atoms with E-state index in [9.17, 15) is 4.79 Å². The zero-order valence-electron chi connectivity index (χ0n) is 9.82. The van der Waals surface area contributed by atoms with Gasteiger partial charge < -0.3 is 5.11 Å². The molecule has 3 heterocycles. The first kappa shape index (κ1) is 11.3. The summed E-state index contributed by atoms with van der Waals surface area (Å²) in [6.07, 6.45) is 4.60. The fourth-order valence-corrected chi connectivity index (χ4v) is 1.89. The van der Waals surface area contributed by atoms with Gasteiger partial charge in [0.15, 0.2) is 5.65 Å². The molecule has 5 heteroatoms. The van der Waals surface area contributed by atoms with Gasteiger partial charge in [0, 0.05) is 29.5 Å². The normalized spacial score (nSPS) is 10.5. The number of carbonyl (C=O) groups is 1. The lowest BCUT2D eigenvalue weighted by molar-refractivity contribution is 0.0697. The molecule has 0 aliphatic rings. The van der Waals surface area contributed by atoms with Crippen molar-refractivity contribution in [1.29, 1.82) is 0 Å². The monoisotopic (exact) mass is 251 g/mol. The Morgan fingerprint density at radius 1 is 1.11 bits per heavy atom. The molecule has 0 saturated carbocycles. The summed E-state index contributed by atoms with van der Waals surface area (Å²) in [5.41, 5.74) is 1.80. The van der Waals surface area contributed by atoms with Crippen LogP contribution in [0.1, 0.15) is 10.4 Å². The highest BCUT2D eigenvalue weighted by molar-refractivity contribution is 5.95. The summed E-state index contributed by atoms with van der Waals surface area (Å²) in [7, 11) is 0. The number of rotatable bonds is 2. The van der Waals surface area contributed by atoms with Crippen LogP contribution in [0, 0.1) is 0 Å². The van der Waals surface area contributed by atoms with Crippen molar-refractivity contribution in [3.63, 3.8) is 0 Å². The second-order valence-electron chi connectivity index (χ2n) is 3.97. The van der Waals surface area contributed by atoms with E-state index >= 15 is 0 Å². The maximum atomic E-state index is 11.2. The first-order valence-electron chi connectivity index (χ1n) is 5.65. The van der Waals surface area contributed by atoms with E-state index in [0.29, 0.717) is 16.9 Å². The maximum absolute atomic E-state index is 11.2. The Labute approximate surface area is 108 Å². The molecule has 0 spiro atoms. The van der Waals surface area contributed by atoms with Crippen molar-refractivity contribution >= 4 is 17.0 Å². The lowest BCUT2D eigenvalue weighted by atomic mass is 10.1. The predicted octanol–water partition coefficient (Wildman–Crippen LogP) is 2.39. The Bertz CT molecular complexity index is 771. The summed E-state index contributed by atoms with van der Waals surface area (Å²) in [5.74, 6) is -1.000. The van der Waals surface area contributed by atoms with Gasteiger partial charge in [-0.15, -0.1) is 0 Å². The molecule has 0 atom stereocenters. The summed E-state index contributed by atoms with van der Waals surface area (Å²) < 4.78 is 0. The van der Waals surface area contributed by atoms with Crippen LogP contribution >= 0.6 is 0 Å². The van der Waals surface area contributed by atoms with E-state index < -0.39 is 5.97 Å². The molecule has 0 amide bonds. The van der Waals surface area contributed by atoms with Crippen molar-refractivity contribution in [2.75, 3.05) is 0 Å². The Morgan fingerprint density at radius 2 is 2.00 bits per heavy atom. The van der Waals surface area contributed by atoms with E-state index in [1.807, 2.05) is 18.2 Å². The number of hydrogen-bond acceptors (Lipinski definition) is 4. The van der Waals surface area contributed by atoms with Crippen molar-refractivity contribution in [1.82, 2.24) is 15.0 Å². The molecule has 5 nitrogen and oxygen atoms in total. The highest BCUT2D eigenvalue weighted by Crippen LogP contribution is 2.22. The van der Waals surface area contributed by atoms with E-state index in [1.165, 1.54) is 18.5 Å². The quantitative estimate of drug-likeness (QED) is 0.756. The second kappa shape index (κ2) is 4.45. The second-order valence-corrected chi connectivity index (χ2v) is 3.97. The van der Waals surface area contributed by atoms with Gasteiger partial charge in [0.25, 0.3) is 0 Å². The molecule has 92 valence electrons. The molecule has 0 radical (unpaired) electrons. The number of nitrogens with zero attached hydrogens (tertiary/aromatic N) is 3. The zero-order chi connectivity index (χ0) is 13.2. The van der Waals surface area contributed by atoms with E-state index in [4.69, 9.17) is 5.11 Å². The predicted molar refractivity (Wildman–Crippen MR) is 69.7 cm³/mol. The van der Waals surface area contributed by atoms with Crippen molar-refractivity contribution in [3.05, 3.63) is 54.5 Å². The number of aromatic carboxylic acids is 1. The summed E-state index contributed by atoms with van der Waals surface area (Å²) in [4.78, 5) is 23.7. The number of pyridine rings is 3. The minimum atomic E-state index is -1.000. The molecule has 0 aliphatic heterocycles. The zero-order valence-corrected chi connectivity index (χ0v) is 9.82. The third-order valence-electron chi connectivity index (χ3n) is 2.79. The number of carboxylic acids is 1. The molecular formula is C14H9N3O2. The number of carboxylic acid groups (broad SMARTS) is 1. The van der Waals surface area contributed by atoms with Gasteiger partial charge in [-0.2, -0.15) is 0 Å². The molecule has 0 saturated heterocycles. The molecule has 0 aliphatic carbocycles. The first-order valence-corrected chi connectivity index (χ1v) is 5.65. The summed E-state index contributed by atoms with van der Waals surface area (Å²) in [6, 6.07) is 8.83. The van der Waals surface area contributed by atoms with Crippen LogP contribution in [-0.4, -0.2) is 26.0 Å². The standard InChI is InChI=1S/C14H9N3O2/c18-14(19)10-5-7-15-8-11(10)12-4-3-9-2-1-6-16-13(9)17-12/h1-8H,(H,18,19). The van der Waals surface area contributed by atoms with Crippen LogP contribution in [0.4, 0.5) is 0 Å². The molecule has 0 bridgehead atoms. The van der Waals surface area contributed by atoms with Crippen LogP contribution in [-0.2, 0) is 0 Å². The average Bonchev–Trinajstić information content (AvgIpc) is 2.46. The van der Waals surface area contributed by atoms with Crippen LogP contribution in [0.5, 0.6) is 0 Å². The van der Waals surface area contributed by atoms with E-state index in [2.05, 4.69) is 15.0 Å². The molecule has 3 aromatic heterocycles. The fourth-order valence-electron chi connectivity index (χ4n) is 1.89. The third-order valence-corrected chi connectivity index (χ3v) is 2.79. The van der Waals surface area contributed by atoms with Crippen molar-refractivity contribution in [2.45, 2.75) is 0 Å². The molecule has 19 heavy (non-hydrogen) atoms. The minimum absolute atomic E-state index is 0.179. The van der Waals surface area contributed by atoms with Gasteiger partial charge in [-0.05, 0) is 30.3 Å². The minimum Gasteiger partial charge on any atom is -0.478 e. The molecule has 0 fully saturated rings. The van der Waals surface area contributed by atoms with Gasteiger partial charge in [0.2, 0.25) is 0 Å². The Balaban J connectivity index is 2.22. The van der Waals surface area contributed by atoms with E-state index in [-0.39, 0.29) is 5.56 Å². The van der Waals surface area contributed by atoms with Crippen molar-refractivity contribution in [3.8, 4) is 11.3 Å². The lowest BCUT2D eigenvalue weighted by Crippen LogP contribution is -2.01. The first-order chi connectivity index (χ1) is 9.25. The van der Waals surface area contributed by atoms with Gasteiger partial charge in [-0.25, -0.2) is 14.8 Å². The largest absolute Gasteiger partial charge is 0.478 e. The molecule has 0 aromatic carbocycles. The third kappa shape index (κ3) is 2.01. The van der Waals surface area contributed by atoms with Gasteiger partial charge in [-0.1, -0.05) is 0 Å². The fraction of sp³-hybridized carbons (Fsp3) is 0. The Kier molecular flexibility index (Phi) is 2.64. The van der Waals surface area contributed by atoms with Crippen LogP contribution < -0.4 is 0 Å². The van der Waals surface area contributed by atoms with Crippen LogP contribution in [0.15, 0.2) is 48.9 Å². The van der Waals surface area contributed by atoms with Crippen LogP contribution in [0.25, 0.3) is 22.3 Å². The SMILES string of the molecule is O=C(O)c1ccncc1-c1ccc2cccnc2n1. The van der Waals surface area contributed by atoms with Gasteiger partial charge in [0.1, 0.15) is 0 Å².